The molecule has 1 aliphatic rings. The van der Waals surface area contributed by atoms with Crippen LogP contribution in [0.25, 0.3) is 10.9 Å². The normalized spacial score (nSPS) is 17.8. The summed E-state index contributed by atoms with van der Waals surface area (Å²) in [6, 6.07) is 9.15. The number of amides is 1. The molecule has 6 nitrogen and oxygen atoms in total. The second-order valence-electron chi connectivity index (χ2n) is 8.82. The highest BCUT2D eigenvalue weighted by Crippen LogP contribution is 2.24. The molecule has 1 aromatic carbocycles. The van der Waals surface area contributed by atoms with E-state index >= 15 is 0 Å². The van der Waals surface area contributed by atoms with Crippen LogP contribution in [-0.2, 0) is 23.7 Å². The summed E-state index contributed by atoms with van der Waals surface area (Å²) in [5.74, 6) is -0.353. The Bertz CT molecular complexity index is 1160. The lowest BCUT2D eigenvalue weighted by Crippen LogP contribution is -2.30. The van der Waals surface area contributed by atoms with Gasteiger partial charge in [-0.15, -0.1) is 0 Å². The summed E-state index contributed by atoms with van der Waals surface area (Å²) >= 11 is 6.26. The number of pyridine rings is 1. The first kappa shape index (κ1) is 20.8. The van der Waals surface area contributed by atoms with Crippen LogP contribution in [0, 0.1) is 0 Å². The quantitative estimate of drug-likeness (QED) is 0.629. The Morgan fingerprint density at radius 1 is 1.33 bits per heavy atom. The molecule has 1 aliphatic heterocycles. The molecule has 0 spiro atoms. The van der Waals surface area contributed by atoms with E-state index in [1.54, 1.807) is 18.3 Å². The van der Waals surface area contributed by atoms with Crippen LogP contribution in [0.15, 0.2) is 41.5 Å². The summed E-state index contributed by atoms with van der Waals surface area (Å²) in [5.41, 5.74) is 2.64. The Morgan fingerprint density at radius 3 is 2.83 bits per heavy atom. The molecule has 0 saturated carbocycles. The second kappa shape index (κ2) is 8.00. The predicted octanol–water partition coefficient (Wildman–Crippen LogP) is 4.25. The SMILES string of the molecule is Cn1c(C(C)(C)C)cc(=NC(=O)c2cc(Cl)cc3cccnc23)n1C[C@H]1CCCO1. The molecule has 1 fully saturated rings. The van der Waals surface area contributed by atoms with Gasteiger partial charge in [0.05, 0.1) is 23.7 Å². The third kappa shape index (κ3) is 4.07. The Balaban J connectivity index is 1.84. The molecule has 158 valence electrons. The van der Waals surface area contributed by atoms with Gasteiger partial charge in [-0.05, 0) is 31.0 Å². The van der Waals surface area contributed by atoms with Gasteiger partial charge in [-0.25, -0.2) is 0 Å². The minimum Gasteiger partial charge on any atom is -0.376 e. The highest BCUT2D eigenvalue weighted by molar-refractivity contribution is 6.32. The lowest BCUT2D eigenvalue weighted by atomic mass is 9.92. The van der Waals surface area contributed by atoms with Crippen molar-refractivity contribution in [3.05, 3.63) is 58.3 Å². The standard InChI is InChI=1S/C23H27ClN4O2/c1-23(2,3)19-13-20(28(27(19)4)14-17-8-6-10-30-17)26-22(29)18-12-16(24)11-15-7-5-9-25-21(15)18/h5,7,9,11-13,17H,6,8,10,14H2,1-4H3/t17-/m1/s1. The molecule has 0 aliphatic carbocycles. The lowest BCUT2D eigenvalue weighted by Gasteiger charge is -2.21. The smallest absolute Gasteiger partial charge is 0.281 e. The topological polar surface area (TPSA) is 61.4 Å². The van der Waals surface area contributed by atoms with Gasteiger partial charge in [0.1, 0.15) is 0 Å². The lowest BCUT2D eigenvalue weighted by molar-refractivity contribution is 0.0885. The number of nitrogens with zero attached hydrogens (tertiary/aromatic N) is 4. The number of aromatic nitrogens is 3. The number of hydrogen-bond acceptors (Lipinski definition) is 3. The van der Waals surface area contributed by atoms with Gasteiger partial charge in [-0.1, -0.05) is 38.4 Å². The van der Waals surface area contributed by atoms with Crippen LogP contribution in [-0.4, -0.2) is 33.0 Å². The van der Waals surface area contributed by atoms with Crippen LogP contribution in [0.4, 0.5) is 0 Å². The molecule has 0 radical (unpaired) electrons. The van der Waals surface area contributed by atoms with E-state index in [2.05, 4.69) is 35.4 Å². The number of hydrogen-bond donors (Lipinski definition) is 0. The van der Waals surface area contributed by atoms with Crippen LogP contribution < -0.4 is 5.49 Å². The second-order valence-corrected chi connectivity index (χ2v) is 9.26. The fourth-order valence-electron chi connectivity index (χ4n) is 4.05. The summed E-state index contributed by atoms with van der Waals surface area (Å²) in [5, 5.41) is 1.31. The molecular formula is C23H27ClN4O2. The Kier molecular flexibility index (Phi) is 5.55. The molecule has 1 atom stereocenters. The largest absolute Gasteiger partial charge is 0.376 e. The average molecular weight is 427 g/mol. The minimum absolute atomic E-state index is 0.0891. The van der Waals surface area contributed by atoms with Gasteiger partial charge in [-0.3, -0.25) is 19.1 Å². The van der Waals surface area contributed by atoms with Gasteiger partial charge in [-0.2, -0.15) is 4.99 Å². The van der Waals surface area contributed by atoms with Gasteiger partial charge in [0.15, 0.2) is 5.49 Å². The zero-order valence-corrected chi connectivity index (χ0v) is 18.6. The molecule has 0 unspecified atom stereocenters. The third-order valence-electron chi connectivity index (χ3n) is 5.53. The number of benzene rings is 1. The van der Waals surface area contributed by atoms with E-state index in [9.17, 15) is 4.79 Å². The van der Waals surface area contributed by atoms with Gasteiger partial charge in [0.2, 0.25) is 0 Å². The highest BCUT2D eigenvalue weighted by atomic mass is 35.5. The fraction of sp³-hybridized carbons (Fsp3) is 0.435. The van der Waals surface area contributed by atoms with Gasteiger partial charge in [0.25, 0.3) is 5.91 Å². The maximum absolute atomic E-state index is 13.2. The van der Waals surface area contributed by atoms with Crippen LogP contribution in [0.5, 0.6) is 0 Å². The Labute approximate surface area is 181 Å². The molecular weight excluding hydrogens is 400 g/mol. The minimum atomic E-state index is -0.353. The molecule has 3 aromatic rings. The summed E-state index contributed by atoms with van der Waals surface area (Å²) in [6.07, 6.45) is 3.88. The van der Waals surface area contributed by atoms with Crippen molar-refractivity contribution in [1.29, 1.82) is 0 Å². The number of rotatable bonds is 3. The van der Waals surface area contributed by atoms with Crippen LogP contribution in [0.2, 0.25) is 5.02 Å². The van der Waals surface area contributed by atoms with Crippen molar-refractivity contribution in [1.82, 2.24) is 14.3 Å². The first-order valence-electron chi connectivity index (χ1n) is 10.3. The number of ether oxygens (including phenoxy) is 1. The summed E-state index contributed by atoms with van der Waals surface area (Å²) in [4.78, 5) is 22.1. The number of carbonyl (C=O) groups excluding carboxylic acids is 1. The van der Waals surface area contributed by atoms with E-state index in [0.717, 1.165) is 30.5 Å². The van der Waals surface area contributed by atoms with E-state index in [1.165, 1.54) is 0 Å². The first-order chi connectivity index (χ1) is 14.2. The first-order valence-corrected chi connectivity index (χ1v) is 10.6. The number of fused-ring (bicyclic) bond motifs is 1. The van der Waals surface area contributed by atoms with Crippen LogP contribution in [0.1, 0.15) is 49.7 Å². The Morgan fingerprint density at radius 2 is 2.13 bits per heavy atom. The van der Waals surface area contributed by atoms with Crippen LogP contribution in [0.3, 0.4) is 0 Å². The van der Waals surface area contributed by atoms with E-state index < -0.39 is 0 Å². The zero-order valence-electron chi connectivity index (χ0n) is 17.9. The maximum Gasteiger partial charge on any atom is 0.281 e. The monoisotopic (exact) mass is 426 g/mol. The number of carbonyl (C=O) groups is 1. The van der Waals surface area contributed by atoms with Crippen molar-refractivity contribution in [2.45, 2.75) is 51.7 Å². The van der Waals surface area contributed by atoms with Gasteiger partial charge in [0, 0.05) is 47.4 Å². The van der Waals surface area contributed by atoms with E-state index in [4.69, 9.17) is 16.3 Å². The molecule has 30 heavy (non-hydrogen) atoms. The van der Waals surface area contributed by atoms with E-state index in [1.807, 2.05) is 29.9 Å². The molecule has 0 bridgehead atoms. The molecule has 4 rings (SSSR count). The summed E-state index contributed by atoms with van der Waals surface area (Å²) in [6.45, 7) is 7.90. The molecule has 0 N–H and O–H groups in total. The van der Waals surface area contributed by atoms with Crippen molar-refractivity contribution in [2.24, 2.45) is 12.0 Å². The van der Waals surface area contributed by atoms with Gasteiger partial charge < -0.3 is 4.74 Å². The van der Waals surface area contributed by atoms with E-state index in [-0.39, 0.29) is 17.4 Å². The molecule has 1 saturated heterocycles. The predicted molar refractivity (Wildman–Crippen MR) is 118 cm³/mol. The molecule has 7 heteroatoms. The molecule has 1 amide bonds. The van der Waals surface area contributed by atoms with Crippen molar-refractivity contribution in [2.75, 3.05) is 6.61 Å². The van der Waals surface area contributed by atoms with E-state index in [0.29, 0.717) is 28.1 Å². The summed E-state index contributed by atoms with van der Waals surface area (Å²) < 4.78 is 9.96. The van der Waals surface area contributed by atoms with Crippen molar-refractivity contribution in [3.63, 3.8) is 0 Å². The van der Waals surface area contributed by atoms with Gasteiger partial charge >= 0.3 is 0 Å². The molecule has 3 heterocycles. The molecule has 2 aromatic heterocycles. The number of halogens is 1. The zero-order chi connectivity index (χ0) is 21.5. The van der Waals surface area contributed by atoms with Crippen molar-refractivity contribution in [3.8, 4) is 0 Å². The van der Waals surface area contributed by atoms with Crippen LogP contribution >= 0.6 is 11.6 Å². The van der Waals surface area contributed by atoms with Crippen molar-refractivity contribution < 1.29 is 9.53 Å². The third-order valence-corrected chi connectivity index (χ3v) is 5.74. The Hall–Kier alpha value is -2.44. The summed E-state index contributed by atoms with van der Waals surface area (Å²) in [7, 11) is 2.01. The average Bonchev–Trinajstić information content (AvgIpc) is 3.30. The van der Waals surface area contributed by atoms with Crippen molar-refractivity contribution >= 4 is 28.4 Å². The highest BCUT2D eigenvalue weighted by Gasteiger charge is 2.24. The fourth-order valence-corrected chi connectivity index (χ4v) is 4.27. The maximum atomic E-state index is 13.2.